The van der Waals surface area contributed by atoms with Gasteiger partial charge in [0, 0.05) is 0 Å². The Kier molecular flexibility index (Phi) is 2.49. The lowest BCUT2D eigenvalue weighted by molar-refractivity contribution is 0.114. The number of hydrogen-bond donors (Lipinski definition) is 2. The molecular weight excluding hydrogens is 186 g/mol. The number of aromatic nitrogens is 3. The zero-order chi connectivity index (χ0) is 10.1. The summed E-state index contributed by atoms with van der Waals surface area (Å²) >= 11 is 0. The molecule has 0 bridgehead atoms. The van der Waals surface area contributed by atoms with Crippen molar-refractivity contribution in [3.05, 3.63) is 11.9 Å². The fraction of sp³-hybridized carbons (Fsp3) is 0.750. The van der Waals surface area contributed by atoms with Crippen molar-refractivity contribution in [2.24, 2.45) is 0 Å². The van der Waals surface area contributed by atoms with Crippen molar-refractivity contribution < 1.29 is 14.9 Å². The summed E-state index contributed by atoms with van der Waals surface area (Å²) in [6, 6.07) is -0.234. The van der Waals surface area contributed by atoms with Crippen molar-refractivity contribution in [2.45, 2.75) is 25.2 Å². The fourth-order valence-electron chi connectivity index (χ4n) is 1.57. The Hall–Kier alpha value is -0.980. The lowest BCUT2D eigenvalue weighted by Crippen LogP contribution is -2.25. The summed E-state index contributed by atoms with van der Waals surface area (Å²) in [5, 5.41) is 26.5. The van der Waals surface area contributed by atoms with Crippen LogP contribution >= 0.6 is 0 Å². The first-order chi connectivity index (χ1) is 6.70. The molecule has 1 aliphatic rings. The number of rotatable bonds is 2. The Morgan fingerprint density at radius 3 is 3.00 bits per heavy atom. The van der Waals surface area contributed by atoms with Gasteiger partial charge in [-0.3, -0.25) is 0 Å². The Labute approximate surface area is 81.1 Å². The largest absolute Gasteiger partial charge is 0.388 e. The molecule has 0 aliphatic carbocycles. The maximum Gasteiger partial charge on any atom is 0.106 e. The van der Waals surface area contributed by atoms with Crippen molar-refractivity contribution in [3.63, 3.8) is 0 Å². The van der Waals surface area contributed by atoms with E-state index in [9.17, 15) is 10.2 Å². The summed E-state index contributed by atoms with van der Waals surface area (Å²) in [6.45, 7) is 2.35. The first-order valence-electron chi connectivity index (χ1n) is 4.54. The second kappa shape index (κ2) is 3.64. The van der Waals surface area contributed by atoms with Gasteiger partial charge in [0.05, 0.1) is 31.2 Å². The molecule has 1 aromatic heterocycles. The molecular formula is C8H13N3O3. The highest BCUT2D eigenvalue weighted by Gasteiger charge is 2.30. The molecule has 1 fully saturated rings. The van der Waals surface area contributed by atoms with Crippen LogP contribution in [0.25, 0.3) is 0 Å². The number of nitrogens with zero attached hydrogens (tertiary/aromatic N) is 3. The molecule has 0 aromatic carbocycles. The van der Waals surface area contributed by atoms with E-state index in [1.165, 1.54) is 10.9 Å². The molecule has 1 aromatic rings. The average Bonchev–Trinajstić information content (AvgIpc) is 2.70. The van der Waals surface area contributed by atoms with Gasteiger partial charge >= 0.3 is 0 Å². The van der Waals surface area contributed by atoms with Gasteiger partial charge in [-0.05, 0) is 6.92 Å². The van der Waals surface area contributed by atoms with E-state index in [1.807, 2.05) is 0 Å². The predicted molar refractivity (Wildman–Crippen MR) is 46.5 cm³/mol. The van der Waals surface area contributed by atoms with E-state index < -0.39 is 12.2 Å². The molecule has 2 rings (SSSR count). The van der Waals surface area contributed by atoms with Crippen LogP contribution in [0.15, 0.2) is 6.20 Å². The highest BCUT2D eigenvalue weighted by molar-refractivity contribution is 5.00. The zero-order valence-electron chi connectivity index (χ0n) is 7.87. The van der Waals surface area contributed by atoms with E-state index in [0.29, 0.717) is 18.9 Å². The van der Waals surface area contributed by atoms with Gasteiger partial charge in [0.25, 0.3) is 0 Å². The molecule has 6 nitrogen and oxygen atoms in total. The van der Waals surface area contributed by atoms with Crippen molar-refractivity contribution >= 4 is 0 Å². The predicted octanol–water partition coefficient (Wildman–Crippen LogP) is -0.736. The molecule has 0 spiro atoms. The van der Waals surface area contributed by atoms with E-state index in [2.05, 4.69) is 10.3 Å². The number of aliphatic hydroxyl groups is 2. The van der Waals surface area contributed by atoms with Gasteiger partial charge in [0.2, 0.25) is 0 Å². The molecule has 1 aliphatic heterocycles. The Bertz CT molecular complexity index is 313. The van der Waals surface area contributed by atoms with E-state index in [1.54, 1.807) is 6.92 Å². The lowest BCUT2D eigenvalue weighted by Gasteiger charge is -2.16. The molecule has 3 atom stereocenters. The molecule has 0 amide bonds. The molecule has 14 heavy (non-hydrogen) atoms. The molecule has 0 radical (unpaired) electrons. The van der Waals surface area contributed by atoms with Crippen LogP contribution in [0.4, 0.5) is 0 Å². The summed E-state index contributed by atoms with van der Waals surface area (Å²) in [7, 11) is 0. The van der Waals surface area contributed by atoms with Gasteiger partial charge in [-0.25, -0.2) is 4.68 Å². The van der Waals surface area contributed by atoms with Crippen molar-refractivity contribution in [1.29, 1.82) is 0 Å². The molecule has 1 saturated heterocycles. The summed E-state index contributed by atoms with van der Waals surface area (Å²) in [5.41, 5.74) is 0.597. The van der Waals surface area contributed by atoms with Crippen molar-refractivity contribution in [3.8, 4) is 0 Å². The summed E-state index contributed by atoms with van der Waals surface area (Å²) in [5.74, 6) is 0. The van der Waals surface area contributed by atoms with Gasteiger partial charge in [0.1, 0.15) is 12.1 Å². The van der Waals surface area contributed by atoms with Gasteiger partial charge in [-0.2, -0.15) is 0 Å². The van der Waals surface area contributed by atoms with Gasteiger partial charge < -0.3 is 14.9 Å². The first-order valence-corrected chi connectivity index (χ1v) is 4.54. The minimum atomic E-state index is -0.641. The van der Waals surface area contributed by atoms with Crippen LogP contribution in [0.1, 0.15) is 24.8 Å². The highest BCUT2D eigenvalue weighted by Crippen LogP contribution is 2.22. The lowest BCUT2D eigenvalue weighted by atomic mass is 10.2. The van der Waals surface area contributed by atoms with Crippen molar-refractivity contribution in [1.82, 2.24) is 15.0 Å². The summed E-state index contributed by atoms with van der Waals surface area (Å²) < 4.78 is 6.64. The Balaban J connectivity index is 2.26. The number of ether oxygens (including phenoxy) is 1. The topological polar surface area (TPSA) is 80.4 Å². The molecule has 2 N–H and O–H groups in total. The SMILES string of the molecule is C[C@H](O)c1cnnn1C1COCC1O. The third-order valence-corrected chi connectivity index (χ3v) is 2.37. The Morgan fingerprint density at radius 1 is 1.64 bits per heavy atom. The van der Waals surface area contributed by atoms with Crippen LogP contribution in [-0.4, -0.2) is 44.5 Å². The highest BCUT2D eigenvalue weighted by atomic mass is 16.5. The minimum absolute atomic E-state index is 0.234. The summed E-state index contributed by atoms with van der Waals surface area (Å²) in [4.78, 5) is 0. The van der Waals surface area contributed by atoms with E-state index in [-0.39, 0.29) is 6.04 Å². The minimum Gasteiger partial charge on any atom is -0.388 e. The third-order valence-electron chi connectivity index (χ3n) is 2.37. The monoisotopic (exact) mass is 199 g/mol. The van der Waals surface area contributed by atoms with Gasteiger partial charge in [0.15, 0.2) is 0 Å². The third kappa shape index (κ3) is 1.52. The standard InChI is InChI=1S/C8H13N3O3/c1-5(12)6-2-9-10-11(6)7-3-14-4-8(7)13/h2,5,7-8,12-13H,3-4H2,1H3/t5-,7?,8?/m0/s1. The van der Waals surface area contributed by atoms with Crippen LogP contribution in [0.3, 0.4) is 0 Å². The van der Waals surface area contributed by atoms with E-state index >= 15 is 0 Å². The van der Waals surface area contributed by atoms with Crippen molar-refractivity contribution in [2.75, 3.05) is 13.2 Å². The zero-order valence-corrected chi connectivity index (χ0v) is 7.87. The smallest absolute Gasteiger partial charge is 0.106 e. The van der Waals surface area contributed by atoms with Crippen LogP contribution < -0.4 is 0 Å². The molecule has 2 heterocycles. The summed E-state index contributed by atoms with van der Waals surface area (Å²) in [6.07, 6.45) is 0.280. The molecule has 78 valence electrons. The number of hydrogen-bond acceptors (Lipinski definition) is 5. The van der Waals surface area contributed by atoms with E-state index in [4.69, 9.17) is 4.74 Å². The normalized spacial score (nSPS) is 29.4. The second-order valence-corrected chi connectivity index (χ2v) is 3.45. The van der Waals surface area contributed by atoms with Gasteiger partial charge in [-0.15, -0.1) is 5.10 Å². The first kappa shape index (κ1) is 9.57. The fourth-order valence-corrected chi connectivity index (χ4v) is 1.57. The van der Waals surface area contributed by atoms with Crippen LogP contribution in [0, 0.1) is 0 Å². The molecule has 0 saturated carbocycles. The maximum absolute atomic E-state index is 9.57. The Morgan fingerprint density at radius 2 is 2.43 bits per heavy atom. The average molecular weight is 199 g/mol. The maximum atomic E-state index is 9.57. The van der Waals surface area contributed by atoms with Crippen LogP contribution in [0.5, 0.6) is 0 Å². The van der Waals surface area contributed by atoms with Crippen LogP contribution in [0.2, 0.25) is 0 Å². The molecule has 6 heteroatoms. The quantitative estimate of drug-likeness (QED) is 0.656. The van der Waals surface area contributed by atoms with E-state index in [0.717, 1.165) is 0 Å². The van der Waals surface area contributed by atoms with Crippen LogP contribution in [-0.2, 0) is 4.74 Å². The molecule has 2 unspecified atom stereocenters. The second-order valence-electron chi connectivity index (χ2n) is 3.45. The van der Waals surface area contributed by atoms with Gasteiger partial charge in [-0.1, -0.05) is 5.21 Å². The number of aliphatic hydroxyl groups excluding tert-OH is 2.